The lowest BCUT2D eigenvalue weighted by atomic mass is 9.89. The van der Waals surface area contributed by atoms with Crippen LogP contribution in [-0.2, 0) is 22.4 Å². The zero-order valence-electron chi connectivity index (χ0n) is 13.6. The second-order valence-corrected chi connectivity index (χ2v) is 5.82. The Morgan fingerprint density at radius 1 is 0.840 bits per heavy atom. The van der Waals surface area contributed by atoms with E-state index in [2.05, 4.69) is 0 Å². The molecule has 0 unspecified atom stereocenters. The Hall–Kier alpha value is -3.31. The number of Topliss-reactive ketones (excluding diaryl/α,β-unsaturated/α-hetero) is 2. The van der Waals surface area contributed by atoms with Crippen LogP contribution in [0, 0.1) is 22.7 Å². The number of benzene rings is 2. The van der Waals surface area contributed by atoms with Crippen molar-refractivity contribution in [1.82, 2.24) is 0 Å². The van der Waals surface area contributed by atoms with E-state index in [9.17, 15) is 14.0 Å². The van der Waals surface area contributed by atoms with Gasteiger partial charge in [-0.05, 0) is 42.3 Å². The van der Waals surface area contributed by atoms with Crippen LogP contribution in [0.25, 0.3) is 0 Å². The van der Waals surface area contributed by atoms with Gasteiger partial charge in [0, 0.05) is 12.8 Å². The lowest BCUT2D eigenvalue weighted by molar-refractivity contribution is -0.141. The minimum atomic E-state index is -2.60. The van der Waals surface area contributed by atoms with Crippen LogP contribution in [0.2, 0.25) is 0 Å². The number of nitriles is 2. The first-order valence-electron chi connectivity index (χ1n) is 7.60. The molecule has 0 saturated heterocycles. The minimum absolute atomic E-state index is 0.224. The largest absolute Gasteiger partial charge is 0.295 e. The van der Waals surface area contributed by atoms with Crippen LogP contribution < -0.4 is 0 Å². The molecule has 0 radical (unpaired) electrons. The third-order valence-electron chi connectivity index (χ3n) is 3.94. The van der Waals surface area contributed by atoms with E-state index in [-0.39, 0.29) is 12.8 Å². The summed E-state index contributed by atoms with van der Waals surface area (Å²) < 4.78 is 14.7. The summed E-state index contributed by atoms with van der Waals surface area (Å²) in [4.78, 5) is 24.4. The van der Waals surface area contributed by atoms with Crippen molar-refractivity contribution in [3.05, 3.63) is 70.8 Å². The highest BCUT2D eigenvalue weighted by molar-refractivity contribution is 6.11. The van der Waals surface area contributed by atoms with E-state index < -0.39 is 17.2 Å². The molecule has 0 saturated carbocycles. The van der Waals surface area contributed by atoms with E-state index in [1.807, 2.05) is 12.1 Å². The van der Waals surface area contributed by atoms with Gasteiger partial charge in [0.1, 0.15) is 0 Å². The number of rotatable bonds is 6. The molecule has 2 rings (SSSR count). The van der Waals surface area contributed by atoms with E-state index in [0.717, 1.165) is 6.92 Å². The minimum Gasteiger partial charge on any atom is -0.295 e. The molecule has 2 aromatic rings. The van der Waals surface area contributed by atoms with Gasteiger partial charge in [-0.3, -0.25) is 9.59 Å². The Morgan fingerprint density at radius 3 is 1.44 bits per heavy atom. The molecule has 5 heteroatoms. The molecule has 124 valence electrons. The average molecular weight is 334 g/mol. The van der Waals surface area contributed by atoms with Crippen LogP contribution in [0.4, 0.5) is 4.39 Å². The van der Waals surface area contributed by atoms with Crippen molar-refractivity contribution in [2.45, 2.75) is 25.4 Å². The number of alkyl halides is 1. The fraction of sp³-hybridized carbons (Fsp3) is 0.200. The normalized spacial score (nSPS) is 10.6. The van der Waals surface area contributed by atoms with Crippen molar-refractivity contribution in [1.29, 1.82) is 10.5 Å². The summed E-state index contributed by atoms with van der Waals surface area (Å²) in [7, 11) is 0. The number of carbonyl (C=O) groups is 2. The lowest BCUT2D eigenvalue weighted by Crippen LogP contribution is -2.41. The Morgan fingerprint density at radius 2 is 1.16 bits per heavy atom. The maximum atomic E-state index is 14.7. The first-order valence-corrected chi connectivity index (χ1v) is 7.60. The Bertz CT molecular complexity index is 796. The summed E-state index contributed by atoms with van der Waals surface area (Å²) in [5.41, 5.74) is -0.632. The van der Waals surface area contributed by atoms with E-state index in [1.165, 1.54) is 24.3 Å². The molecule has 0 heterocycles. The van der Waals surface area contributed by atoms with E-state index in [0.29, 0.717) is 22.3 Å². The van der Waals surface area contributed by atoms with Gasteiger partial charge >= 0.3 is 0 Å². The predicted octanol–water partition coefficient (Wildman–Crippen LogP) is 3.08. The van der Waals surface area contributed by atoms with Gasteiger partial charge in [-0.1, -0.05) is 24.3 Å². The number of hydrogen-bond donors (Lipinski definition) is 0. The van der Waals surface area contributed by atoms with Crippen molar-refractivity contribution >= 4 is 11.6 Å². The first kappa shape index (κ1) is 18.0. The molecule has 0 aromatic heterocycles. The molecule has 0 amide bonds. The Labute approximate surface area is 145 Å². The van der Waals surface area contributed by atoms with Gasteiger partial charge in [0.25, 0.3) is 0 Å². The molecule has 0 fully saturated rings. The maximum Gasteiger partial charge on any atom is 0.224 e. The molecule has 0 aliphatic rings. The van der Waals surface area contributed by atoms with Crippen molar-refractivity contribution in [2.75, 3.05) is 0 Å². The zero-order chi connectivity index (χ0) is 18.4. The fourth-order valence-electron chi connectivity index (χ4n) is 2.25. The molecule has 4 nitrogen and oxygen atoms in total. The Kier molecular flexibility index (Phi) is 5.41. The van der Waals surface area contributed by atoms with Crippen LogP contribution in [0.3, 0.4) is 0 Å². The molecule has 0 N–H and O–H groups in total. The highest BCUT2D eigenvalue weighted by atomic mass is 19.1. The van der Waals surface area contributed by atoms with Crippen molar-refractivity contribution in [3.63, 3.8) is 0 Å². The predicted molar refractivity (Wildman–Crippen MR) is 89.2 cm³/mol. The Balaban J connectivity index is 2.06. The number of hydrogen-bond acceptors (Lipinski definition) is 4. The number of halogens is 1. The third-order valence-corrected chi connectivity index (χ3v) is 3.94. The van der Waals surface area contributed by atoms with Crippen LogP contribution in [0.15, 0.2) is 48.5 Å². The van der Waals surface area contributed by atoms with E-state index in [1.54, 1.807) is 24.3 Å². The van der Waals surface area contributed by atoms with Gasteiger partial charge in [-0.2, -0.15) is 10.5 Å². The molecule has 0 spiro atoms. The summed E-state index contributed by atoms with van der Waals surface area (Å²) in [6, 6.07) is 16.3. The second-order valence-electron chi connectivity index (χ2n) is 5.82. The molecular formula is C20H15FN2O2. The monoisotopic (exact) mass is 334 g/mol. The van der Waals surface area contributed by atoms with Crippen LogP contribution >= 0.6 is 0 Å². The molecule has 0 atom stereocenters. The zero-order valence-corrected chi connectivity index (χ0v) is 13.6. The number of nitrogens with zero attached hydrogens (tertiary/aromatic N) is 2. The fourth-order valence-corrected chi connectivity index (χ4v) is 2.25. The molecule has 0 aliphatic heterocycles. The second kappa shape index (κ2) is 7.51. The molecule has 2 aromatic carbocycles. The van der Waals surface area contributed by atoms with Crippen molar-refractivity contribution < 1.29 is 14.0 Å². The van der Waals surface area contributed by atoms with E-state index >= 15 is 0 Å². The van der Waals surface area contributed by atoms with Crippen LogP contribution in [-0.4, -0.2) is 17.2 Å². The summed E-state index contributed by atoms with van der Waals surface area (Å²) >= 11 is 0. The summed E-state index contributed by atoms with van der Waals surface area (Å²) in [6.07, 6.45) is -0.449. The van der Waals surface area contributed by atoms with Gasteiger partial charge in [0.05, 0.1) is 23.3 Å². The van der Waals surface area contributed by atoms with Gasteiger partial charge in [-0.25, -0.2) is 4.39 Å². The van der Waals surface area contributed by atoms with E-state index in [4.69, 9.17) is 10.5 Å². The highest BCUT2D eigenvalue weighted by Crippen LogP contribution is 2.20. The van der Waals surface area contributed by atoms with Gasteiger partial charge in [0.15, 0.2) is 11.6 Å². The highest BCUT2D eigenvalue weighted by Gasteiger charge is 2.40. The van der Waals surface area contributed by atoms with Crippen molar-refractivity contribution in [3.8, 4) is 12.1 Å². The molecule has 0 aliphatic carbocycles. The maximum absolute atomic E-state index is 14.7. The quantitative estimate of drug-likeness (QED) is 0.760. The topological polar surface area (TPSA) is 81.7 Å². The lowest BCUT2D eigenvalue weighted by Gasteiger charge is -2.18. The van der Waals surface area contributed by atoms with Gasteiger partial charge in [0.2, 0.25) is 5.67 Å². The summed E-state index contributed by atoms with van der Waals surface area (Å²) in [5, 5.41) is 17.5. The summed E-state index contributed by atoms with van der Waals surface area (Å²) in [6.45, 7) is 0.977. The SMILES string of the molecule is CC(F)(C(=O)Cc1ccc(C#N)cc1)C(=O)Cc1ccc(C#N)cc1. The number of ketones is 2. The standard InChI is InChI=1S/C20H15FN2O2/c1-20(21,18(24)10-14-2-6-16(12-22)7-3-14)19(25)11-15-4-8-17(13-23)9-5-15/h2-9H,10-11H2,1H3. The summed E-state index contributed by atoms with van der Waals surface area (Å²) in [5.74, 6) is -1.65. The molecular weight excluding hydrogens is 319 g/mol. The molecule has 0 bridgehead atoms. The van der Waals surface area contributed by atoms with Crippen LogP contribution in [0.1, 0.15) is 29.2 Å². The van der Waals surface area contributed by atoms with Gasteiger partial charge < -0.3 is 0 Å². The third kappa shape index (κ3) is 4.37. The number of carbonyl (C=O) groups excluding carboxylic acids is 2. The van der Waals surface area contributed by atoms with Crippen molar-refractivity contribution in [2.24, 2.45) is 0 Å². The average Bonchev–Trinajstić information content (AvgIpc) is 2.62. The first-order chi connectivity index (χ1) is 11.9. The van der Waals surface area contributed by atoms with Gasteiger partial charge in [-0.15, -0.1) is 0 Å². The smallest absolute Gasteiger partial charge is 0.224 e. The molecule has 25 heavy (non-hydrogen) atoms. The van der Waals surface area contributed by atoms with Crippen LogP contribution in [0.5, 0.6) is 0 Å².